The minimum absolute atomic E-state index is 0. The van der Waals surface area contributed by atoms with Gasteiger partial charge in [-0.1, -0.05) is 103 Å². The summed E-state index contributed by atoms with van der Waals surface area (Å²) in [6.07, 6.45) is 22.3. The fraction of sp³-hybridized carbons (Fsp3) is 1.00. The van der Waals surface area contributed by atoms with Gasteiger partial charge in [0.15, 0.2) is 0 Å². The van der Waals surface area contributed by atoms with Crippen LogP contribution in [0.3, 0.4) is 0 Å². The van der Waals surface area contributed by atoms with Crippen molar-refractivity contribution in [3.63, 3.8) is 0 Å². The van der Waals surface area contributed by atoms with E-state index in [1.807, 2.05) is 4.90 Å². The van der Waals surface area contributed by atoms with Gasteiger partial charge in [-0.05, 0) is 32.5 Å². The fourth-order valence-corrected chi connectivity index (χ4v) is 3.77. The Labute approximate surface area is 199 Å². The Morgan fingerprint density at radius 2 is 0.900 bits per heavy atom. The molecule has 0 saturated carbocycles. The van der Waals surface area contributed by atoms with Crippen LogP contribution in [0.5, 0.6) is 0 Å². The van der Waals surface area contributed by atoms with E-state index in [4.69, 9.17) is 21.1 Å². The van der Waals surface area contributed by atoms with Gasteiger partial charge in [-0.3, -0.25) is 4.90 Å². The van der Waals surface area contributed by atoms with Crippen molar-refractivity contribution in [2.24, 2.45) is 5.73 Å². The topological polar surface area (TPSA) is 90.0 Å². The smallest absolute Gasteiger partial charge is 0.288 e. The lowest BCUT2D eigenvalue weighted by Gasteiger charge is -2.26. The molecule has 186 valence electrons. The lowest BCUT2D eigenvalue weighted by atomic mass is 10.0. The van der Waals surface area contributed by atoms with E-state index in [1.54, 1.807) is 0 Å². The largest absolute Gasteiger partial charge is 0.343 e. The summed E-state index contributed by atoms with van der Waals surface area (Å²) in [5, 5.41) is 27.5. The Hall–Kier alpha value is 0.380. The van der Waals surface area contributed by atoms with Crippen LogP contribution in [0.2, 0.25) is 0 Å². The van der Waals surface area contributed by atoms with Crippen molar-refractivity contribution in [2.75, 3.05) is 26.2 Å². The molecule has 0 rings (SSSR count). The molecule has 0 radical (unpaired) electrons. The Morgan fingerprint density at radius 3 is 1.23 bits per heavy atom. The van der Waals surface area contributed by atoms with Gasteiger partial charge in [0.25, 0.3) is 5.97 Å². The molecule has 0 bridgehead atoms. The lowest BCUT2D eigenvalue weighted by molar-refractivity contribution is -0.317. The van der Waals surface area contributed by atoms with E-state index < -0.39 is 5.97 Å². The predicted molar refractivity (Wildman–Crippen MR) is 134 cm³/mol. The summed E-state index contributed by atoms with van der Waals surface area (Å²) in [5.74, 6) is -2.61. The molecular formula is C23H52Cl2N2O3. The minimum Gasteiger partial charge on any atom is -0.343 e. The third-order valence-electron chi connectivity index (χ3n) is 5.44. The number of rotatable bonds is 22. The quantitative estimate of drug-likeness (QED) is 0.125. The molecule has 5 N–H and O–H groups in total. The molecular weight excluding hydrogens is 423 g/mol. The molecule has 30 heavy (non-hydrogen) atoms. The van der Waals surface area contributed by atoms with Crippen LogP contribution in [-0.2, 0) is 0 Å². The van der Waals surface area contributed by atoms with Gasteiger partial charge in [-0.25, -0.2) is 0 Å². The number of halogens is 2. The Kier molecular flexibility index (Phi) is 29.9. The molecule has 0 saturated heterocycles. The molecule has 7 heteroatoms. The van der Waals surface area contributed by atoms with Crippen molar-refractivity contribution in [3.05, 3.63) is 0 Å². The maximum atomic E-state index is 9.16. The number of aliphatic hydroxyl groups is 3. The van der Waals surface area contributed by atoms with Crippen LogP contribution in [0.15, 0.2) is 0 Å². The fourth-order valence-electron chi connectivity index (χ4n) is 3.77. The molecule has 0 aliphatic heterocycles. The van der Waals surface area contributed by atoms with E-state index in [-0.39, 0.29) is 31.4 Å². The van der Waals surface area contributed by atoms with E-state index in [2.05, 4.69) is 6.92 Å². The molecule has 0 aliphatic rings. The number of nitrogens with two attached hydrogens (primary N) is 1. The van der Waals surface area contributed by atoms with Crippen molar-refractivity contribution < 1.29 is 15.3 Å². The van der Waals surface area contributed by atoms with Crippen molar-refractivity contribution in [1.29, 1.82) is 0 Å². The molecule has 0 aromatic heterocycles. The highest BCUT2D eigenvalue weighted by Crippen LogP contribution is 2.14. The Morgan fingerprint density at radius 1 is 0.567 bits per heavy atom. The van der Waals surface area contributed by atoms with Gasteiger partial charge in [0.1, 0.15) is 0 Å². The van der Waals surface area contributed by atoms with Crippen molar-refractivity contribution in [2.45, 2.75) is 122 Å². The van der Waals surface area contributed by atoms with Gasteiger partial charge in [-0.2, -0.15) is 0 Å². The third-order valence-corrected chi connectivity index (χ3v) is 5.44. The first-order valence-corrected chi connectivity index (χ1v) is 12.1. The Balaban J connectivity index is -0.00000364. The van der Waals surface area contributed by atoms with Crippen LogP contribution >= 0.6 is 24.8 Å². The molecule has 0 atom stereocenters. The maximum absolute atomic E-state index is 9.16. The van der Waals surface area contributed by atoms with Gasteiger partial charge in [-0.15, -0.1) is 24.8 Å². The average Bonchev–Trinajstić information content (AvgIpc) is 2.64. The zero-order chi connectivity index (χ0) is 20.9. The summed E-state index contributed by atoms with van der Waals surface area (Å²) in [4.78, 5) is 1.89. The molecule has 5 nitrogen and oxygen atoms in total. The second-order valence-corrected chi connectivity index (χ2v) is 8.50. The zero-order valence-electron chi connectivity index (χ0n) is 19.5. The lowest BCUT2D eigenvalue weighted by Crippen LogP contribution is -2.44. The van der Waals surface area contributed by atoms with Crippen LogP contribution in [0.25, 0.3) is 0 Å². The van der Waals surface area contributed by atoms with Crippen LogP contribution in [-0.4, -0.2) is 52.4 Å². The normalized spacial score (nSPS) is 11.4. The van der Waals surface area contributed by atoms with E-state index in [9.17, 15) is 0 Å². The molecule has 0 aromatic carbocycles. The van der Waals surface area contributed by atoms with Crippen LogP contribution in [0, 0.1) is 0 Å². The van der Waals surface area contributed by atoms with Crippen LogP contribution in [0.4, 0.5) is 0 Å². The molecule has 0 aromatic rings. The number of nitrogens with zero attached hydrogens (tertiary/aromatic N) is 1. The van der Waals surface area contributed by atoms with E-state index in [0.29, 0.717) is 13.1 Å². The SMILES string of the molecule is CCCCCCCCCCCCCCCCCCN(CCCN)CC(O)(O)O.Cl.Cl. The number of hydrogen-bond donors (Lipinski definition) is 4. The van der Waals surface area contributed by atoms with E-state index in [0.717, 1.165) is 25.8 Å². The standard InChI is InChI=1S/C23H50N2O3.2ClH/c1-2-3-4-5-6-7-8-9-10-11-12-13-14-15-16-17-20-25(21-18-19-24)22-23(26,27)28;;/h26-28H,2-22,24H2,1H3;2*1H. The van der Waals surface area contributed by atoms with Gasteiger partial charge in [0.05, 0.1) is 6.54 Å². The summed E-state index contributed by atoms with van der Waals surface area (Å²) in [7, 11) is 0. The highest BCUT2D eigenvalue weighted by atomic mass is 35.5. The zero-order valence-corrected chi connectivity index (χ0v) is 21.2. The average molecular weight is 476 g/mol. The van der Waals surface area contributed by atoms with Crippen LogP contribution in [0.1, 0.15) is 116 Å². The summed E-state index contributed by atoms with van der Waals surface area (Å²) in [6.45, 7) is 4.19. The number of hydrogen-bond acceptors (Lipinski definition) is 5. The first-order chi connectivity index (χ1) is 13.5. The third kappa shape index (κ3) is 28.4. The first-order valence-electron chi connectivity index (χ1n) is 12.1. The van der Waals surface area contributed by atoms with Crippen molar-refractivity contribution >= 4 is 24.8 Å². The molecule has 0 fully saturated rings. The summed E-state index contributed by atoms with van der Waals surface area (Å²) in [6, 6.07) is 0. The Bertz CT molecular complexity index is 319. The van der Waals surface area contributed by atoms with Gasteiger partial charge in [0, 0.05) is 0 Å². The monoisotopic (exact) mass is 474 g/mol. The highest BCUT2D eigenvalue weighted by molar-refractivity contribution is 5.85. The van der Waals surface area contributed by atoms with E-state index >= 15 is 0 Å². The van der Waals surface area contributed by atoms with Crippen LogP contribution < -0.4 is 5.73 Å². The molecule has 0 aliphatic carbocycles. The highest BCUT2D eigenvalue weighted by Gasteiger charge is 2.22. The minimum atomic E-state index is -2.61. The number of unbranched alkanes of at least 4 members (excludes halogenated alkanes) is 15. The molecule has 0 unspecified atom stereocenters. The van der Waals surface area contributed by atoms with E-state index in [1.165, 1.54) is 89.9 Å². The van der Waals surface area contributed by atoms with Crippen molar-refractivity contribution in [1.82, 2.24) is 4.90 Å². The summed E-state index contributed by atoms with van der Waals surface area (Å²) in [5.41, 5.74) is 5.52. The summed E-state index contributed by atoms with van der Waals surface area (Å²) < 4.78 is 0. The predicted octanol–water partition coefficient (Wildman–Crippen LogP) is 5.37. The molecule has 0 heterocycles. The molecule has 0 amide bonds. The van der Waals surface area contributed by atoms with Gasteiger partial charge >= 0.3 is 0 Å². The second kappa shape index (κ2) is 25.6. The maximum Gasteiger partial charge on any atom is 0.288 e. The van der Waals surface area contributed by atoms with Gasteiger partial charge in [0.2, 0.25) is 0 Å². The first kappa shape index (κ1) is 35.0. The second-order valence-electron chi connectivity index (χ2n) is 8.50. The van der Waals surface area contributed by atoms with Crippen molar-refractivity contribution in [3.8, 4) is 0 Å². The summed E-state index contributed by atoms with van der Waals surface area (Å²) >= 11 is 0. The van der Waals surface area contributed by atoms with Gasteiger partial charge < -0.3 is 21.1 Å². The molecule has 0 spiro atoms.